The average Bonchev–Trinajstić information content (AvgIpc) is 2.97. The predicted molar refractivity (Wildman–Crippen MR) is 99.8 cm³/mol. The number of rotatable bonds is 4. The van der Waals surface area contributed by atoms with Gasteiger partial charge in [0, 0.05) is 17.7 Å². The lowest BCUT2D eigenvalue weighted by Crippen LogP contribution is -3.09. The summed E-state index contributed by atoms with van der Waals surface area (Å²) in [6, 6.07) is 19.4. The Morgan fingerprint density at radius 2 is 1.87 bits per heavy atom. The monoisotopic (exact) mass is 326 g/mol. The van der Waals surface area contributed by atoms with Gasteiger partial charge >= 0.3 is 0 Å². The first-order valence-corrected chi connectivity index (χ1v) is 8.62. The zero-order valence-electron chi connectivity index (χ0n) is 13.5. The second kappa shape index (κ2) is 7.57. The molecule has 2 aromatic carbocycles. The lowest BCUT2D eigenvalue weighted by molar-refractivity contribution is -0.901. The molecule has 1 aliphatic heterocycles. The van der Waals surface area contributed by atoms with Crippen molar-refractivity contribution in [2.75, 3.05) is 18.4 Å². The first kappa shape index (κ1) is 16.0. The Bertz CT molecular complexity index is 657. The zero-order chi connectivity index (χ0) is 16.1. The van der Waals surface area contributed by atoms with Gasteiger partial charge in [-0.05, 0) is 30.8 Å². The summed E-state index contributed by atoms with van der Waals surface area (Å²) in [5.74, 6) is 0. The first-order chi connectivity index (χ1) is 11.2. The van der Waals surface area contributed by atoms with E-state index in [4.69, 9.17) is 12.2 Å². The molecule has 0 amide bonds. The van der Waals surface area contributed by atoms with E-state index in [1.165, 1.54) is 17.7 Å². The standard InChI is InChI=1S/C19H23N3S/c1-15-7-5-6-10-18(15)21-19(23)20-17-11-12-22(14-17)13-16-8-3-2-4-9-16/h2-10,17H,11-14H2,1H3,(H2,20,21,23)/p+1/t17-/m1/s1. The van der Waals surface area contributed by atoms with Crippen molar-refractivity contribution in [3.63, 3.8) is 0 Å². The average molecular weight is 326 g/mol. The number of thiocarbonyl (C=S) groups is 1. The maximum atomic E-state index is 5.47. The van der Waals surface area contributed by atoms with E-state index in [0.29, 0.717) is 6.04 Å². The minimum absolute atomic E-state index is 0.456. The number of aryl methyl sites for hydroxylation is 1. The van der Waals surface area contributed by atoms with E-state index in [-0.39, 0.29) is 0 Å². The van der Waals surface area contributed by atoms with Crippen LogP contribution in [0.25, 0.3) is 0 Å². The highest BCUT2D eigenvalue weighted by Gasteiger charge is 2.26. The van der Waals surface area contributed by atoms with Crippen molar-refractivity contribution >= 4 is 23.0 Å². The molecule has 23 heavy (non-hydrogen) atoms. The number of anilines is 1. The Morgan fingerprint density at radius 3 is 2.65 bits per heavy atom. The van der Waals surface area contributed by atoms with Crippen LogP contribution in [-0.4, -0.2) is 24.2 Å². The van der Waals surface area contributed by atoms with Crippen LogP contribution >= 0.6 is 12.2 Å². The highest BCUT2D eigenvalue weighted by molar-refractivity contribution is 7.80. The summed E-state index contributed by atoms with van der Waals surface area (Å²) in [4.78, 5) is 1.62. The van der Waals surface area contributed by atoms with Crippen LogP contribution in [0.2, 0.25) is 0 Å². The van der Waals surface area contributed by atoms with Gasteiger partial charge in [0.15, 0.2) is 5.11 Å². The van der Waals surface area contributed by atoms with Gasteiger partial charge in [0.1, 0.15) is 6.54 Å². The van der Waals surface area contributed by atoms with Gasteiger partial charge in [0.2, 0.25) is 0 Å². The number of hydrogen-bond donors (Lipinski definition) is 3. The van der Waals surface area contributed by atoms with E-state index < -0.39 is 0 Å². The molecular formula is C19H24N3S+. The molecule has 0 aromatic heterocycles. The van der Waals surface area contributed by atoms with E-state index in [9.17, 15) is 0 Å². The minimum Gasteiger partial charge on any atom is -0.354 e. The summed E-state index contributed by atoms with van der Waals surface area (Å²) in [5, 5.41) is 7.51. The Balaban J connectivity index is 1.48. The van der Waals surface area contributed by atoms with Crippen molar-refractivity contribution < 1.29 is 4.90 Å². The minimum atomic E-state index is 0.456. The molecule has 3 N–H and O–H groups in total. The van der Waals surface area contributed by atoms with Crippen LogP contribution in [0.5, 0.6) is 0 Å². The third kappa shape index (κ3) is 4.53. The largest absolute Gasteiger partial charge is 0.354 e. The van der Waals surface area contributed by atoms with Crippen molar-refractivity contribution in [2.24, 2.45) is 0 Å². The Hall–Kier alpha value is -1.91. The van der Waals surface area contributed by atoms with Crippen molar-refractivity contribution in [3.8, 4) is 0 Å². The van der Waals surface area contributed by atoms with Crippen LogP contribution in [-0.2, 0) is 6.54 Å². The van der Waals surface area contributed by atoms with Crippen LogP contribution in [0.3, 0.4) is 0 Å². The molecule has 3 nitrogen and oxygen atoms in total. The molecule has 0 saturated carbocycles. The fourth-order valence-corrected chi connectivity index (χ4v) is 3.43. The van der Waals surface area contributed by atoms with Crippen molar-refractivity contribution in [1.82, 2.24) is 5.32 Å². The number of para-hydroxylation sites is 1. The SMILES string of the molecule is Cc1ccccc1NC(=S)N[C@@H]1CC[NH+](Cc2ccccc2)C1. The number of hydrogen-bond acceptors (Lipinski definition) is 1. The maximum absolute atomic E-state index is 5.47. The maximum Gasteiger partial charge on any atom is 0.171 e. The Labute approximate surface area is 143 Å². The molecule has 120 valence electrons. The molecule has 0 spiro atoms. The predicted octanol–water partition coefficient (Wildman–Crippen LogP) is 2.14. The third-order valence-electron chi connectivity index (χ3n) is 4.41. The summed E-state index contributed by atoms with van der Waals surface area (Å²) in [7, 11) is 0. The van der Waals surface area contributed by atoms with Crippen LogP contribution in [0, 0.1) is 6.92 Å². The van der Waals surface area contributed by atoms with Crippen LogP contribution < -0.4 is 15.5 Å². The van der Waals surface area contributed by atoms with Gasteiger partial charge in [-0.15, -0.1) is 0 Å². The normalized spacial score (nSPS) is 20.2. The molecule has 2 atom stereocenters. The molecule has 3 rings (SSSR count). The zero-order valence-corrected chi connectivity index (χ0v) is 14.3. The fraction of sp³-hybridized carbons (Fsp3) is 0.316. The highest BCUT2D eigenvalue weighted by Crippen LogP contribution is 2.13. The molecule has 0 bridgehead atoms. The summed E-state index contributed by atoms with van der Waals surface area (Å²) in [6.07, 6.45) is 1.16. The van der Waals surface area contributed by atoms with E-state index in [2.05, 4.69) is 60.0 Å². The smallest absolute Gasteiger partial charge is 0.171 e. The van der Waals surface area contributed by atoms with Crippen LogP contribution in [0.1, 0.15) is 17.5 Å². The van der Waals surface area contributed by atoms with Crippen molar-refractivity contribution in [1.29, 1.82) is 0 Å². The molecule has 2 aromatic rings. The van der Waals surface area contributed by atoms with Gasteiger partial charge < -0.3 is 15.5 Å². The molecule has 1 saturated heterocycles. The molecule has 1 aliphatic rings. The molecule has 1 fully saturated rings. The summed E-state index contributed by atoms with van der Waals surface area (Å²) < 4.78 is 0. The van der Waals surface area contributed by atoms with Gasteiger partial charge in [-0.1, -0.05) is 48.5 Å². The van der Waals surface area contributed by atoms with E-state index in [1.54, 1.807) is 4.90 Å². The van der Waals surface area contributed by atoms with Crippen LogP contribution in [0.15, 0.2) is 54.6 Å². The van der Waals surface area contributed by atoms with Crippen molar-refractivity contribution in [2.45, 2.75) is 25.9 Å². The summed E-state index contributed by atoms with van der Waals surface area (Å²) in [5.41, 5.74) is 3.69. The number of benzene rings is 2. The van der Waals surface area contributed by atoms with Gasteiger partial charge in [-0.25, -0.2) is 0 Å². The Kier molecular flexibility index (Phi) is 5.26. The molecule has 0 radical (unpaired) electrons. The number of likely N-dealkylation sites (tertiary alicyclic amines) is 1. The second-order valence-electron chi connectivity index (χ2n) is 6.27. The van der Waals surface area contributed by atoms with Gasteiger partial charge in [0.25, 0.3) is 0 Å². The third-order valence-corrected chi connectivity index (χ3v) is 4.63. The molecule has 4 heteroatoms. The molecule has 1 heterocycles. The lowest BCUT2D eigenvalue weighted by Gasteiger charge is -2.17. The Morgan fingerprint density at radius 1 is 1.13 bits per heavy atom. The topological polar surface area (TPSA) is 28.5 Å². The van der Waals surface area contributed by atoms with Crippen molar-refractivity contribution in [3.05, 3.63) is 65.7 Å². The molecule has 0 aliphatic carbocycles. The summed E-state index contributed by atoms with van der Waals surface area (Å²) in [6.45, 7) is 5.49. The first-order valence-electron chi connectivity index (χ1n) is 8.21. The van der Waals surface area contributed by atoms with Gasteiger partial charge in [-0.2, -0.15) is 0 Å². The van der Waals surface area contributed by atoms with Gasteiger partial charge in [0.05, 0.1) is 19.1 Å². The van der Waals surface area contributed by atoms with Crippen LogP contribution in [0.4, 0.5) is 5.69 Å². The number of quaternary nitrogens is 1. The highest BCUT2D eigenvalue weighted by atomic mass is 32.1. The van der Waals surface area contributed by atoms with Gasteiger partial charge in [-0.3, -0.25) is 0 Å². The van der Waals surface area contributed by atoms with E-state index >= 15 is 0 Å². The lowest BCUT2D eigenvalue weighted by atomic mass is 10.2. The quantitative estimate of drug-likeness (QED) is 0.752. The summed E-state index contributed by atoms with van der Waals surface area (Å²) >= 11 is 5.47. The van der Waals surface area contributed by atoms with E-state index in [1.807, 2.05) is 12.1 Å². The molecular weight excluding hydrogens is 302 g/mol. The molecule has 1 unspecified atom stereocenters. The van der Waals surface area contributed by atoms with E-state index in [0.717, 1.165) is 30.3 Å². The second-order valence-corrected chi connectivity index (χ2v) is 6.67. The fourth-order valence-electron chi connectivity index (χ4n) is 3.16. The number of nitrogens with one attached hydrogen (secondary N) is 3.